The minimum atomic E-state index is -0.116. The number of aliphatic hydroxyl groups is 1. The summed E-state index contributed by atoms with van der Waals surface area (Å²) in [6, 6.07) is 0. The minimum Gasteiger partial charge on any atom is -0.393 e. The Morgan fingerprint density at radius 1 is 1.14 bits per heavy atom. The van der Waals surface area contributed by atoms with Crippen molar-refractivity contribution in [3.05, 3.63) is 0 Å². The molecule has 2 fully saturated rings. The SMILES string of the molecule is CC1(C)CCC(C2(N)CC(O)C2)CC1. The summed E-state index contributed by atoms with van der Waals surface area (Å²) >= 11 is 0. The van der Waals surface area contributed by atoms with Crippen molar-refractivity contribution >= 4 is 0 Å². The lowest BCUT2D eigenvalue weighted by Gasteiger charge is -2.51. The van der Waals surface area contributed by atoms with E-state index < -0.39 is 0 Å². The van der Waals surface area contributed by atoms with E-state index in [1.807, 2.05) is 0 Å². The fraction of sp³-hybridized carbons (Fsp3) is 1.00. The van der Waals surface area contributed by atoms with Gasteiger partial charge in [-0.05, 0) is 49.9 Å². The van der Waals surface area contributed by atoms with Crippen molar-refractivity contribution in [1.29, 1.82) is 0 Å². The molecule has 0 atom stereocenters. The fourth-order valence-corrected chi connectivity index (χ4v) is 3.13. The van der Waals surface area contributed by atoms with Gasteiger partial charge in [-0.25, -0.2) is 0 Å². The van der Waals surface area contributed by atoms with Crippen LogP contribution in [0.5, 0.6) is 0 Å². The summed E-state index contributed by atoms with van der Waals surface area (Å²) < 4.78 is 0. The van der Waals surface area contributed by atoms with Crippen LogP contribution >= 0.6 is 0 Å². The zero-order valence-electron chi connectivity index (χ0n) is 9.42. The molecule has 0 bridgehead atoms. The fourth-order valence-electron chi connectivity index (χ4n) is 3.13. The van der Waals surface area contributed by atoms with Gasteiger partial charge >= 0.3 is 0 Å². The Hall–Kier alpha value is -0.0800. The minimum absolute atomic E-state index is 0.0179. The van der Waals surface area contributed by atoms with Gasteiger partial charge in [0.1, 0.15) is 0 Å². The molecular formula is C12H23NO. The number of hydrogen-bond acceptors (Lipinski definition) is 2. The topological polar surface area (TPSA) is 46.2 Å². The highest BCUT2D eigenvalue weighted by Crippen LogP contribution is 2.47. The summed E-state index contributed by atoms with van der Waals surface area (Å²) in [5.74, 6) is 0.666. The molecular weight excluding hydrogens is 174 g/mol. The van der Waals surface area contributed by atoms with Crippen LogP contribution in [-0.2, 0) is 0 Å². The van der Waals surface area contributed by atoms with Gasteiger partial charge < -0.3 is 10.8 Å². The maximum absolute atomic E-state index is 9.34. The lowest BCUT2D eigenvalue weighted by Crippen LogP contribution is -2.60. The van der Waals surface area contributed by atoms with E-state index in [4.69, 9.17) is 5.73 Å². The van der Waals surface area contributed by atoms with E-state index in [9.17, 15) is 5.11 Å². The monoisotopic (exact) mass is 197 g/mol. The molecule has 14 heavy (non-hydrogen) atoms. The molecule has 0 aromatic rings. The second-order valence-corrected chi connectivity index (χ2v) is 6.23. The van der Waals surface area contributed by atoms with Gasteiger partial charge in [-0.1, -0.05) is 13.8 Å². The van der Waals surface area contributed by atoms with Crippen LogP contribution in [0.25, 0.3) is 0 Å². The third-order valence-corrected chi connectivity index (χ3v) is 4.38. The summed E-state index contributed by atoms with van der Waals surface area (Å²) in [5.41, 5.74) is 6.80. The molecule has 0 aromatic heterocycles. The number of rotatable bonds is 1. The Kier molecular flexibility index (Phi) is 2.39. The van der Waals surface area contributed by atoms with Crippen LogP contribution in [-0.4, -0.2) is 16.7 Å². The Morgan fingerprint density at radius 2 is 1.64 bits per heavy atom. The van der Waals surface area contributed by atoms with Gasteiger partial charge in [-0.3, -0.25) is 0 Å². The molecule has 82 valence electrons. The molecule has 0 radical (unpaired) electrons. The number of hydrogen-bond donors (Lipinski definition) is 2. The Labute approximate surface area is 86.9 Å². The van der Waals surface area contributed by atoms with Crippen LogP contribution in [0.4, 0.5) is 0 Å². The van der Waals surface area contributed by atoms with E-state index in [2.05, 4.69) is 13.8 Å². The summed E-state index contributed by atoms with van der Waals surface area (Å²) in [6.45, 7) is 4.70. The molecule has 2 saturated carbocycles. The highest BCUT2D eigenvalue weighted by molar-refractivity contribution is 5.04. The Balaban J connectivity index is 1.90. The average molecular weight is 197 g/mol. The van der Waals surface area contributed by atoms with Crippen molar-refractivity contribution in [1.82, 2.24) is 0 Å². The smallest absolute Gasteiger partial charge is 0.0575 e. The molecule has 0 spiro atoms. The molecule has 2 nitrogen and oxygen atoms in total. The first-order chi connectivity index (χ1) is 6.41. The summed E-state index contributed by atoms with van der Waals surface area (Å²) in [6.07, 6.45) is 6.66. The van der Waals surface area contributed by atoms with E-state index in [-0.39, 0.29) is 11.6 Å². The van der Waals surface area contributed by atoms with E-state index >= 15 is 0 Å². The molecule has 0 heterocycles. The average Bonchev–Trinajstić information content (AvgIpc) is 2.01. The van der Waals surface area contributed by atoms with Crippen molar-refractivity contribution < 1.29 is 5.11 Å². The van der Waals surface area contributed by atoms with Gasteiger partial charge in [0.2, 0.25) is 0 Å². The summed E-state index contributed by atoms with van der Waals surface area (Å²) in [7, 11) is 0. The predicted molar refractivity (Wildman–Crippen MR) is 57.9 cm³/mol. The van der Waals surface area contributed by atoms with Gasteiger partial charge in [-0.15, -0.1) is 0 Å². The van der Waals surface area contributed by atoms with Crippen LogP contribution < -0.4 is 5.73 Å². The molecule has 0 saturated heterocycles. The Morgan fingerprint density at radius 3 is 2.07 bits per heavy atom. The molecule has 2 heteroatoms. The molecule has 0 aliphatic heterocycles. The van der Waals surface area contributed by atoms with Crippen LogP contribution in [0.3, 0.4) is 0 Å². The molecule has 0 unspecified atom stereocenters. The van der Waals surface area contributed by atoms with E-state index in [0.717, 1.165) is 12.8 Å². The van der Waals surface area contributed by atoms with E-state index in [1.54, 1.807) is 0 Å². The first-order valence-electron chi connectivity index (χ1n) is 5.88. The van der Waals surface area contributed by atoms with Crippen LogP contribution in [0.1, 0.15) is 52.4 Å². The maximum Gasteiger partial charge on any atom is 0.0575 e. The zero-order chi connectivity index (χ0) is 10.4. The van der Waals surface area contributed by atoms with Gasteiger partial charge in [0, 0.05) is 5.54 Å². The van der Waals surface area contributed by atoms with Crippen LogP contribution in [0.2, 0.25) is 0 Å². The first-order valence-corrected chi connectivity index (χ1v) is 5.88. The largest absolute Gasteiger partial charge is 0.393 e. The maximum atomic E-state index is 9.34. The van der Waals surface area contributed by atoms with Crippen molar-refractivity contribution in [3.8, 4) is 0 Å². The summed E-state index contributed by atoms with van der Waals surface area (Å²) in [4.78, 5) is 0. The third kappa shape index (κ3) is 1.82. The van der Waals surface area contributed by atoms with Gasteiger partial charge in [0.15, 0.2) is 0 Å². The Bertz CT molecular complexity index is 208. The zero-order valence-corrected chi connectivity index (χ0v) is 9.42. The van der Waals surface area contributed by atoms with Crippen molar-refractivity contribution in [2.45, 2.75) is 64.0 Å². The highest BCUT2D eigenvalue weighted by atomic mass is 16.3. The molecule has 2 aliphatic rings. The predicted octanol–water partition coefficient (Wildman–Crippen LogP) is 2.05. The van der Waals surface area contributed by atoms with E-state index in [0.29, 0.717) is 11.3 Å². The number of nitrogens with two attached hydrogens (primary N) is 1. The lowest BCUT2D eigenvalue weighted by molar-refractivity contribution is -0.0265. The van der Waals surface area contributed by atoms with Crippen LogP contribution in [0, 0.1) is 11.3 Å². The van der Waals surface area contributed by atoms with Crippen molar-refractivity contribution in [2.24, 2.45) is 17.1 Å². The lowest BCUT2D eigenvalue weighted by atomic mass is 9.60. The van der Waals surface area contributed by atoms with Crippen molar-refractivity contribution in [3.63, 3.8) is 0 Å². The molecule has 3 N–H and O–H groups in total. The molecule has 2 aliphatic carbocycles. The second-order valence-electron chi connectivity index (χ2n) is 6.23. The first kappa shape index (κ1) is 10.4. The standard InChI is InChI=1S/C12H23NO/c1-11(2)5-3-9(4-6-11)12(13)7-10(14)8-12/h9-10,14H,3-8,13H2,1-2H3. The molecule has 2 rings (SSSR count). The molecule has 0 amide bonds. The summed E-state index contributed by atoms with van der Waals surface area (Å²) in [5, 5.41) is 9.34. The van der Waals surface area contributed by atoms with Crippen LogP contribution in [0.15, 0.2) is 0 Å². The number of aliphatic hydroxyl groups excluding tert-OH is 1. The highest BCUT2D eigenvalue weighted by Gasteiger charge is 2.47. The van der Waals surface area contributed by atoms with Crippen molar-refractivity contribution in [2.75, 3.05) is 0 Å². The van der Waals surface area contributed by atoms with E-state index in [1.165, 1.54) is 25.7 Å². The van der Waals surface area contributed by atoms with Gasteiger partial charge in [0.25, 0.3) is 0 Å². The van der Waals surface area contributed by atoms with Gasteiger partial charge in [-0.2, -0.15) is 0 Å². The molecule has 0 aromatic carbocycles. The second kappa shape index (κ2) is 3.21. The third-order valence-electron chi connectivity index (χ3n) is 4.38. The quantitative estimate of drug-likeness (QED) is 0.676. The van der Waals surface area contributed by atoms with Gasteiger partial charge in [0.05, 0.1) is 6.10 Å². The normalized spacial score (nSPS) is 43.3.